The number of benzene rings is 1. The monoisotopic (exact) mass is 621 g/mol. The summed E-state index contributed by atoms with van der Waals surface area (Å²) in [5, 5.41) is 17.0. The largest absolute Gasteiger partial charge is 0.489 e. The number of aliphatic hydroxyl groups is 1. The van der Waals surface area contributed by atoms with Crippen molar-refractivity contribution in [1.29, 1.82) is 0 Å². The van der Waals surface area contributed by atoms with E-state index in [4.69, 9.17) is 19.4 Å². The van der Waals surface area contributed by atoms with Crippen molar-refractivity contribution in [2.45, 2.75) is 116 Å². The maximum atomic E-state index is 13.3. The Balaban J connectivity index is 1.30. The Kier molecular flexibility index (Phi) is 12.3. The second-order valence-electron chi connectivity index (χ2n) is 13.3. The molecule has 2 fully saturated rings. The zero-order valence-electron chi connectivity index (χ0n) is 27.8. The van der Waals surface area contributed by atoms with Crippen LogP contribution in [0.3, 0.4) is 0 Å². The minimum atomic E-state index is -0.219. The Morgan fingerprint density at radius 3 is 2.69 bits per heavy atom. The minimum absolute atomic E-state index is 0.0138. The van der Waals surface area contributed by atoms with Crippen LogP contribution in [-0.2, 0) is 11.2 Å². The number of unbranched alkanes of at least 4 members (excludes halogenated alkanes) is 1. The molecule has 5 rings (SSSR count). The molecule has 0 radical (unpaired) electrons. The number of fused-ring (bicyclic) bond motifs is 1. The molecule has 3 heterocycles. The summed E-state index contributed by atoms with van der Waals surface area (Å²) in [4.78, 5) is 25.6. The van der Waals surface area contributed by atoms with Crippen molar-refractivity contribution in [3.05, 3.63) is 29.6 Å². The number of rotatable bonds is 14. The smallest absolute Gasteiger partial charge is 0.185 e. The number of anilines is 4. The van der Waals surface area contributed by atoms with E-state index < -0.39 is 0 Å². The standard InChI is InChI=1S/C36H55N5O4/c1-4-6-11-32(43)34-36(40-35(30(5-2)39-34)37-27-12-15-29(42)16-13-27)38-28-14-17-31-33(24-28)45-23-20-41(31)19-7-9-25(3)26-10-8-21-44-22-18-26/h14,17,24-27,29,42H,4-13,15-16,18-23H2,1-3H3,(H2,37,38,40). The molecule has 3 aliphatic rings. The van der Waals surface area contributed by atoms with Crippen LogP contribution in [0.2, 0.25) is 0 Å². The fraction of sp³-hybridized carbons (Fsp3) is 0.694. The summed E-state index contributed by atoms with van der Waals surface area (Å²) in [5.74, 6) is 3.57. The maximum absolute atomic E-state index is 13.3. The van der Waals surface area contributed by atoms with Gasteiger partial charge in [0.15, 0.2) is 11.6 Å². The Labute approximate surface area is 269 Å². The van der Waals surface area contributed by atoms with E-state index in [1.54, 1.807) is 0 Å². The summed E-state index contributed by atoms with van der Waals surface area (Å²) in [6.45, 7) is 10.9. The van der Waals surface area contributed by atoms with Crippen molar-refractivity contribution in [2.24, 2.45) is 11.8 Å². The number of Topliss-reactive ketones (excluding diaryl/α,β-unsaturated/α-hetero) is 1. The zero-order valence-corrected chi connectivity index (χ0v) is 27.8. The first kappa shape index (κ1) is 33.5. The molecule has 2 aliphatic heterocycles. The van der Waals surface area contributed by atoms with Gasteiger partial charge in [-0.1, -0.05) is 27.2 Å². The van der Waals surface area contributed by atoms with Crippen LogP contribution in [0.5, 0.6) is 5.75 Å². The predicted octanol–water partition coefficient (Wildman–Crippen LogP) is 7.30. The van der Waals surface area contributed by atoms with Crippen molar-refractivity contribution in [3.8, 4) is 5.75 Å². The highest BCUT2D eigenvalue weighted by molar-refractivity contribution is 5.99. The van der Waals surface area contributed by atoms with Gasteiger partial charge in [-0.15, -0.1) is 0 Å². The first-order chi connectivity index (χ1) is 21.9. The quantitative estimate of drug-likeness (QED) is 0.187. The molecule has 2 atom stereocenters. The highest BCUT2D eigenvalue weighted by atomic mass is 16.5. The molecule has 0 spiro atoms. The summed E-state index contributed by atoms with van der Waals surface area (Å²) in [6.07, 6.45) is 12.1. The van der Waals surface area contributed by atoms with Gasteiger partial charge < -0.3 is 30.1 Å². The number of aryl methyl sites for hydroxylation is 1. The van der Waals surface area contributed by atoms with Crippen LogP contribution in [0.25, 0.3) is 0 Å². The van der Waals surface area contributed by atoms with Crippen LogP contribution in [0.4, 0.5) is 23.0 Å². The van der Waals surface area contributed by atoms with Crippen LogP contribution in [0.1, 0.15) is 114 Å². The molecule has 9 heteroatoms. The second-order valence-corrected chi connectivity index (χ2v) is 13.3. The average Bonchev–Trinajstić information content (AvgIpc) is 3.35. The lowest BCUT2D eigenvalue weighted by molar-refractivity contribution is 0.0975. The molecule has 9 nitrogen and oxygen atoms in total. The third kappa shape index (κ3) is 9.09. The lowest BCUT2D eigenvalue weighted by atomic mass is 9.85. The van der Waals surface area contributed by atoms with E-state index in [1.165, 1.54) is 25.7 Å². The summed E-state index contributed by atoms with van der Waals surface area (Å²) in [6, 6.07) is 6.44. The number of carbonyl (C=O) groups excluding carboxylic acids is 1. The summed E-state index contributed by atoms with van der Waals surface area (Å²) in [7, 11) is 0. The van der Waals surface area contributed by atoms with Gasteiger partial charge in [0.2, 0.25) is 0 Å². The molecule has 1 saturated heterocycles. The molecule has 3 N–H and O–H groups in total. The number of carbonyl (C=O) groups is 1. The maximum Gasteiger partial charge on any atom is 0.185 e. The normalized spacial score (nSPS) is 22.6. The number of hydrogen-bond donors (Lipinski definition) is 3. The van der Waals surface area contributed by atoms with Crippen LogP contribution < -0.4 is 20.3 Å². The third-order valence-corrected chi connectivity index (χ3v) is 9.93. The van der Waals surface area contributed by atoms with Gasteiger partial charge in [0.1, 0.15) is 23.9 Å². The van der Waals surface area contributed by atoms with Gasteiger partial charge in [0.05, 0.1) is 24.0 Å². The molecule has 1 aromatic heterocycles. The SMILES string of the molecule is CCCCC(=O)c1nc(CC)c(NC2CCC(O)CC2)nc1Nc1ccc2c(c1)OCCN2CCCC(C)C1CCCOCC1. The number of ether oxygens (including phenoxy) is 2. The molecule has 1 aromatic carbocycles. The fourth-order valence-electron chi connectivity index (χ4n) is 7.04. The first-order valence-electron chi connectivity index (χ1n) is 17.7. The average molecular weight is 622 g/mol. The summed E-state index contributed by atoms with van der Waals surface area (Å²) in [5.41, 5.74) is 3.16. The Morgan fingerprint density at radius 2 is 1.89 bits per heavy atom. The van der Waals surface area contributed by atoms with Crippen molar-refractivity contribution in [1.82, 2.24) is 9.97 Å². The first-order valence-corrected chi connectivity index (χ1v) is 17.7. The molecule has 1 saturated carbocycles. The minimum Gasteiger partial charge on any atom is -0.489 e. The number of aromatic nitrogens is 2. The van der Waals surface area contributed by atoms with Gasteiger partial charge in [0.25, 0.3) is 0 Å². The van der Waals surface area contributed by atoms with Gasteiger partial charge in [-0.25, -0.2) is 9.97 Å². The number of ketones is 1. The van der Waals surface area contributed by atoms with E-state index >= 15 is 0 Å². The molecule has 2 aromatic rings. The van der Waals surface area contributed by atoms with E-state index in [9.17, 15) is 9.90 Å². The van der Waals surface area contributed by atoms with Gasteiger partial charge in [-0.05, 0) is 94.6 Å². The van der Waals surface area contributed by atoms with E-state index in [0.717, 1.165) is 112 Å². The molecule has 248 valence electrons. The Bertz CT molecular complexity index is 1240. The van der Waals surface area contributed by atoms with Crippen molar-refractivity contribution < 1.29 is 19.4 Å². The highest BCUT2D eigenvalue weighted by Gasteiger charge is 2.25. The number of nitrogens with zero attached hydrogens (tertiary/aromatic N) is 3. The molecule has 45 heavy (non-hydrogen) atoms. The number of nitrogens with one attached hydrogen (secondary N) is 2. The predicted molar refractivity (Wildman–Crippen MR) is 181 cm³/mol. The van der Waals surface area contributed by atoms with Crippen molar-refractivity contribution in [3.63, 3.8) is 0 Å². The van der Waals surface area contributed by atoms with E-state index in [0.29, 0.717) is 31.0 Å². The summed E-state index contributed by atoms with van der Waals surface area (Å²) < 4.78 is 11.8. The molecule has 0 amide bonds. The van der Waals surface area contributed by atoms with E-state index in [1.807, 2.05) is 13.0 Å². The zero-order chi connectivity index (χ0) is 31.6. The number of aliphatic hydroxyl groups excluding tert-OH is 1. The van der Waals surface area contributed by atoms with Gasteiger partial charge >= 0.3 is 0 Å². The molecular weight excluding hydrogens is 566 g/mol. The highest BCUT2D eigenvalue weighted by Crippen LogP contribution is 2.36. The van der Waals surface area contributed by atoms with Crippen LogP contribution in [-0.4, -0.2) is 65.9 Å². The molecular formula is C36H55N5O4. The topological polar surface area (TPSA) is 109 Å². The Morgan fingerprint density at radius 1 is 1.04 bits per heavy atom. The molecule has 0 bridgehead atoms. The van der Waals surface area contributed by atoms with Crippen molar-refractivity contribution in [2.75, 3.05) is 48.4 Å². The van der Waals surface area contributed by atoms with E-state index in [2.05, 4.69) is 41.5 Å². The van der Waals surface area contributed by atoms with Crippen molar-refractivity contribution >= 4 is 28.8 Å². The van der Waals surface area contributed by atoms with Gasteiger partial charge in [-0.2, -0.15) is 0 Å². The summed E-state index contributed by atoms with van der Waals surface area (Å²) >= 11 is 0. The van der Waals surface area contributed by atoms with Crippen LogP contribution in [0, 0.1) is 11.8 Å². The number of hydrogen-bond acceptors (Lipinski definition) is 9. The van der Waals surface area contributed by atoms with Gasteiger partial charge in [-0.3, -0.25) is 4.79 Å². The Hall–Kier alpha value is -2.91. The third-order valence-electron chi connectivity index (χ3n) is 9.93. The van der Waals surface area contributed by atoms with Gasteiger partial charge in [0, 0.05) is 44.0 Å². The molecule has 1 aliphatic carbocycles. The van der Waals surface area contributed by atoms with Crippen LogP contribution in [0.15, 0.2) is 18.2 Å². The lowest BCUT2D eigenvalue weighted by Crippen LogP contribution is -2.33. The molecule has 2 unspecified atom stereocenters. The lowest BCUT2D eigenvalue weighted by Gasteiger charge is -2.32. The second kappa shape index (κ2) is 16.6. The van der Waals surface area contributed by atoms with Crippen LogP contribution >= 0.6 is 0 Å². The fourth-order valence-corrected chi connectivity index (χ4v) is 7.04. The van der Waals surface area contributed by atoms with E-state index in [-0.39, 0.29) is 17.9 Å².